The van der Waals surface area contributed by atoms with Crippen LogP contribution in [0, 0.1) is 11.3 Å². The molecule has 6 heteroatoms. The number of rotatable bonds is 4. The molecular weight excluding hydrogens is 244 g/mol. The van der Waals surface area contributed by atoms with E-state index in [2.05, 4.69) is 15.3 Å². The van der Waals surface area contributed by atoms with Gasteiger partial charge in [0.25, 0.3) is 0 Å². The average molecular weight is 254 g/mol. The number of aromatic nitrogens is 2. The van der Waals surface area contributed by atoms with Crippen molar-refractivity contribution in [2.75, 3.05) is 5.32 Å². The lowest BCUT2D eigenvalue weighted by atomic mass is 10.1. The molecule has 1 aromatic heterocycles. The van der Waals surface area contributed by atoms with Crippen molar-refractivity contribution in [3.05, 3.63) is 53.5 Å². The van der Waals surface area contributed by atoms with Crippen LogP contribution in [0.25, 0.3) is 0 Å². The molecule has 0 bridgehead atoms. The van der Waals surface area contributed by atoms with Crippen molar-refractivity contribution in [2.24, 2.45) is 0 Å². The van der Waals surface area contributed by atoms with E-state index in [-0.39, 0.29) is 5.69 Å². The van der Waals surface area contributed by atoms with Gasteiger partial charge in [-0.2, -0.15) is 5.26 Å². The summed E-state index contributed by atoms with van der Waals surface area (Å²) in [5, 5.41) is 20.4. The van der Waals surface area contributed by atoms with Gasteiger partial charge in [-0.15, -0.1) is 0 Å². The Balaban J connectivity index is 1.98. The highest BCUT2D eigenvalue weighted by molar-refractivity contribution is 5.84. The Kier molecular flexibility index (Phi) is 3.69. The number of anilines is 1. The van der Waals surface area contributed by atoms with Crippen molar-refractivity contribution in [1.82, 2.24) is 9.97 Å². The van der Waals surface area contributed by atoms with Crippen molar-refractivity contribution in [3.8, 4) is 6.07 Å². The van der Waals surface area contributed by atoms with Crippen LogP contribution in [-0.2, 0) is 6.54 Å². The van der Waals surface area contributed by atoms with Crippen molar-refractivity contribution in [1.29, 1.82) is 5.26 Å². The highest BCUT2D eigenvalue weighted by Gasteiger charge is 2.04. The Morgan fingerprint density at radius 2 is 2.00 bits per heavy atom. The Morgan fingerprint density at radius 1 is 1.26 bits per heavy atom. The Bertz CT molecular complexity index is 615. The lowest BCUT2D eigenvalue weighted by Gasteiger charge is -2.05. The molecule has 0 aliphatic carbocycles. The van der Waals surface area contributed by atoms with E-state index in [1.54, 1.807) is 12.1 Å². The van der Waals surface area contributed by atoms with Crippen molar-refractivity contribution in [2.45, 2.75) is 6.54 Å². The van der Waals surface area contributed by atoms with Gasteiger partial charge in [-0.05, 0) is 17.7 Å². The van der Waals surface area contributed by atoms with E-state index in [1.165, 1.54) is 12.4 Å². The SMILES string of the molecule is N#Cc1ccc(CNc2cnc(C(=O)O)cn2)cc1. The van der Waals surface area contributed by atoms with E-state index in [0.29, 0.717) is 17.9 Å². The quantitative estimate of drug-likeness (QED) is 0.860. The summed E-state index contributed by atoms with van der Waals surface area (Å²) in [5.41, 5.74) is 1.50. The summed E-state index contributed by atoms with van der Waals surface area (Å²) < 4.78 is 0. The maximum absolute atomic E-state index is 10.6. The number of hydrogen-bond donors (Lipinski definition) is 2. The van der Waals surface area contributed by atoms with Gasteiger partial charge in [0, 0.05) is 6.54 Å². The molecule has 0 radical (unpaired) electrons. The average Bonchev–Trinajstić information content (AvgIpc) is 2.46. The van der Waals surface area contributed by atoms with Crippen LogP contribution in [0.3, 0.4) is 0 Å². The summed E-state index contributed by atoms with van der Waals surface area (Å²) in [7, 11) is 0. The van der Waals surface area contributed by atoms with Gasteiger partial charge in [0.2, 0.25) is 0 Å². The maximum atomic E-state index is 10.6. The second-order valence-corrected chi connectivity index (χ2v) is 3.75. The van der Waals surface area contributed by atoms with E-state index in [1.807, 2.05) is 18.2 Å². The number of nitriles is 1. The zero-order chi connectivity index (χ0) is 13.7. The van der Waals surface area contributed by atoms with Crippen LogP contribution in [-0.4, -0.2) is 21.0 Å². The summed E-state index contributed by atoms with van der Waals surface area (Å²) in [4.78, 5) is 18.3. The summed E-state index contributed by atoms with van der Waals surface area (Å²) >= 11 is 0. The molecule has 0 aliphatic heterocycles. The van der Waals surface area contributed by atoms with E-state index in [9.17, 15) is 4.79 Å². The van der Waals surface area contributed by atoms with Crippen molar-refractivity contribution >= 4 is 11.8 Å². The van der Waals surface area contributed by atoms with Gasteiger partial charge >= 0.3 is 5.97 Å². The summed E-state index contributed by atoms with van der Waals surface area (Å²) in [6.45, 7) is 0.521. The van der Waals surface area contributed by atoms with E-state index in [0.717, 1.165) is 5.56 Å². The third-order valence-electron chi connectivity index (χ3n) is 2.43. The molecule has 1 aromatic carbocycles. The summed E-state index contributed by atoms with van der Waals surface area (Å²) in [6, 6.07) is 9.19. The fourth-order valence-corrected chi connectivity index (χ4v) is 1.42. The van der Waals surface area contributed by atoms with Crippen LogP contribution in [0.2, 0.25) is 0 Å². The molecule has 2 N–H and O–H groups in total. The lowest BCUT2D eigenvalue weighted by Crippen LogP contribution is -2.05. The molecule has 6 nitrogen and oxygen atoms in total. The number of aromatic carboxylic acids is 1. The Morgan fingerprint density at radius 3 is 2.53 bits per heavy atom. The lowest BCUT2D eigenvalue weighted by molar-refractivity contribution is 0.0690. The first-order valence-electron chi connectivity index (χ1n) is 5.47. The van der Waals surface area contributed by atoms with Gasteiger partial charge in [0.15, 0.2) is 5.69 Å². The largest absolute Gasteiger partial charge is 0.476 e. The second kappa shape index (κ2) is 5.60. The first kappa shape index (κ1) is 12.5. The zero-order valence-electron chi connectivity index (χ0n) is 9.87. The molecule has 0 spiro atoms. The fraction of sp³-hybridized carbons (Fsp3) is 0.0769. The first-order valence-corrected chi connectivity index (χ1v) is 5.47. The predicted molar refractivity (Wildman–Crippen MR) is 67.5 cm³/mol. The highest BCUT2D eigenvalue weighted by Crippen LogP contribution is 2.07. The van der Waals surface area contributed by atoms with Gasteiger partial charge in [0.05, 0.1) is 24.0 Å². The minimum atomic E-state index is -1.11. The standard InChI is InChI=1S/C13H10N4O2/c14-5-9-1-3-10(4-2-9)6-16-12-8-15-11(7-17-12)13(18)19/h1-4,7-8H,6H2,(H,16,17)(H,18,19). The Labute approximate surface area is 109 Å². The third kappa shape index (κ3) is 3.26. The second-order valence-electron chi connectivity index (χ2n) is 3.75. The number of carboxylic acid groups (broad SMARTS) is 1. The van der Waals surface area contributed by atoms with Gasteiger partial charge in [-0.3, -0.25) is 0 Å². The molecular formula is C13H10N4O2. The van der Waals surface area contributed by atoms with Crippen LogP contribution in [0.15, 0.2) is 36.7 Å². The Hall–Kier alpha value is -2.94. The van der Waals surface area contributed by atoms with Crippen molar-refractivity contribution < 1.29 is 9.90 Å². The van der Waals surface area contributed by atoms with Crippen LogP contribution in [0.1, 0.15) is 21.6 Å². The molecule has 1 heterocycles. The molecule has 0 saturated carbocycles. The minimum absolute atomic E-state index is 0.0936. The van der Waals surface area contributed by atoms with Crippen LogP contribution < -0.4 is 5.32 Å². The smallest absolute Gasteiger partial charge is 0.356 e. The normalized spacial score (nSPS) is 9.63. The van der Waals surface area contributed by atoms with Crippen LogP contribution in [0.5, 0.6) is 0 Å². The predicted octanol–water partition coefficient (Wildman–Crippen LogP) is 1.66. The minimum Gasteiger partial charge on any atom is -0.476 e. The number of carboxylic acids is 1. The molecule has 0 fully saturated rings. The van der Waals surface area contributed by atoms with Crippen LogP contribution in [0.4, 0.5) is 5.82 Å². The number of benzene rings is 1. The van der Waals surface area contributed by atoms with Crippen LogP contribution >= 0.6 is 0 Å². The molecule has 0 atom stereocenters. The summed E-state index contributed by atoms with van der Waals surface area (Å²) in [6.07, 6.45) is 2.57. The molecule has 0 aliphatic rings. The number of nitrogens with one attached hydrogen (secondary N) is 1. The molecule has 2 aromatic rings. The van der Waals surface area contributed by atoms with Gasteiger partial charge < -0.3 is 10.4 Å². The maximum Gasteiger partial charge on any atom is 0.356 e. The molecule has 19 heavy (non-hydrogen) atoms. The fourth-order valence-electron chi connectivity index (χ4n) is 1.42. The van der Waals surface area contributed by atoms with Gasteiger partial charge in [0.1, 0.15) is 5.82 Å². The number of carbonyl (C=O) groups is 1. The zero-order valence-corrected chi connectivity index (χ0v) is 9.87. The molecule has 0 unspecified atom stereocenters. The summed E-state index contributed by atoms with van der Waals surface area (Å²) in [5.74, 6) is -0.611. The first-order chi connectivity index (χ1) is 9.19. The van der Waals surface area contributed by atoms with Gasteiger partial charge in [-0.25, -0.2) is 14.8 Å². The molecule has 0 saturated heterocycles. The third-order valence-corrected chi connectivity index (χ3v) is 2.43. The number of nitrogens with zero attached hydrogens (tertiary/aromatic N) is 3. The molecule has 94 valence electrons. The highest BCUT2D eigenvalue weighted by atomic mass is 16.4. The van der Waals surface area contributed by atoms with Gasteiger partial charge in [-0.1, -0.05) is 12.1 Å². The number of hydrogen-bond acceptors (Lipinski definition) is 5. The topological polar surface area (TPSA) is 98.9 Å². The molecule has 0 amide bonds. The van der Waals surface area contributed by atoms with E-state index >= 15 is 0 Å². The molecule has 2 rings (SSSR count). The van der Waals surface area contributed by atoms with E-state index < -0.39 is 5.97 Å². The van der Waals surface area contributed by atoms with Crippen molar-refractivity contribution in [3.63, 3.8) is 0 Å². The monoisotopic (exact) mass is 254 g/mol. The van der Waals surface area contributed by atoms with E-state index in [4.69, 9.17) is 10.4 Å².